The van der Waals surface area contributed by atoms with Crippen molar-refractivity contribution >= 4 is 69.2 Å². The van der Waals surface area contributed by atoms with Crippen molar-refractivity contribution in [3.05, 3.63) is 112 Å². The monoisotopic (exact) mass is 929 g/mol. The van der Waals surface area contributed by atoms with E-state index in [1.807, 2.05) is 41.3 Å². The van der Waals surface area contributed by atoms with Crippen LogP contribution in [0.1, 0.15) is 100.0 Å². The minimum absolute atomic E-state index is 0.0558. The van der Waals surface area contributed by atoms with Crippen molar-refractivity contribution in [3.8, 4) is 0 Å². The van der Waals surface area contributed by atoms with E-state index in [4.69, 9.17) is 4.74 Å². The van der Waals surface area contributed by atoms with Crippen molar-refractivity contribution in [1.82, 2.24) is 25.3 Å². The Morgan fingerprint density at radius 3 is 2.35 bits per heavy atom. The predicted molar refractivity (Wildman–Crippen MR) is 251 cm³/mol. The van der Waals surface area contributed by atoms with Crippen LogP contribution < -0.4 is 26.2 Å². The van der Waals surface area contributed by atoms with Gasteiger partial charge in [0.25, 0.3) is 17.7 Å². The molecule has 4 aromatic carbocycles. The lowest BCUT2D eigenvalue weighted by atomic mass is 10.0. The highest BCUT2D eigenvalue weighted by atomic mass is 19.1. The summed E-state index contributed by atoms with van der Waals surface area (Å²) in [4.78, 5) is 83.0. The molecule has 3 fully saturated rings. The van der Waals surface area contributed by atoms with Crippen LogP contribution in [0, 0.1) is 11.6 Å². The van der Waals surface area contributed by atoms with Gasteiger partial charge in [0.05, 0.1) is 22.2 Å². The van der Waals surface area contributed by atoms with Gasteiger partial charge < -0.3 is 30.5 Å². The van der Waals surface area contributed by atoms with E-state index >= 15 is 0 Å². The number of unbranched alkanes of at least 4 members (excludes halogenated alkanes) is 3. The molecule has 9 rings (SSSR count). The summed E-state index contributed by atoms with van der Waals surface area (Å²) >= 11 is 0. The SMILES string of the molecule is O=C1CCC(N2C(=O)c3cccc(NCCCCCCC(=O)N4CCN(c5ccc(C(=O)Nc6n[nH]c7ccc(Cc8cc(F)cc(F)c8)cc67)c(NC6CCOCC6)c5)CC4)c3C2=O)C(=O)N1. The van der Waals surface area contributed by atoms with E-state index in [0.717, 1.165) is 60.7 Å². The van der Waals surface area contributed by atoms with Gasteiger partial charge in [-0.2, -0.15) is 5.10 Å². The number of carbonyl (C=O) groups is 6. The van der Waals surface area contributed by atoms with Crippen LogP contribution in [0.5, 0.6) is 0 Å². The number of amides is 6. The molecule has 6 amide bonds. The average molecular weight is 930 g/mol. The normalized spacial score (nSPS) is 17.7. The molecule has 18 heteroatoms. The van der Waals surface area contributed by atoms with Gasteiger partial charge in [0.15, 0.2) is 5.82 Å². The lowest BCUT2D eigenvalue weighted by molar-refractivity contribution is -0.136. The van der Waals surface area contributed by atoms with E-state index < -0.39 is 41.3 Å². The van der Waals surface area contributed by atoms with Gasteiger partial charge >= 0.3 is 0 Å². The highest BCUT2D eigenvalue weighted by Gasteiger charge is 2.45. The third-order valence-electron chi connectivity index (χ3n) is 13.1. The van der Waals surface area contributed by atoms with E-state index in [0.29, 0.717) is 98.0 Å². The van der Waals surface area contributed by atoms with Crippen LogP contribution >= 0.6 is 0 Å². The second kappa shape index (κ2) is 20.3. The van der Waals surface area contributed by atoms with Crippen molar-refractivity contribution < 1.29 is 42.3 Å². The first kappa shape index (κ1) is 45.9. The Hall–Kier alpha value is -7.21. The topological polar surface area (TPSA) is 198 Å². The Kier molecular flexibility index (Phi) is 13.7. The zero-order valence-corrected chi connectivity index (χ0v) is 37.5. The average Bonchev–Trinajstić information content (AvgIpc) is 3.84. The fourth-order valence-corrected chi connectivity index (χ4v) is 9.51. The summed E-state index contributed by atoms with van der Waals surface area (Å²) in [5.74, 6) is -3.35. The number of rotatable bonds is 16. The second-order valence-corrected chi connectivity index (χ2v) is 17.8. The predicted octanol–water partition coefficient (Wildman–Crippen LogP) is 6.39. The molecule has 5 N–H and O–H groups in total. The summed E-state index contributed by atoms with van der Waals surface area (Å²) in [6.07, 6.45) is 5.70. The van der Waals surface area contributed by atoms with Crippen LogP contribution in [-0.2, 0) is 25.5 Å². The number of imide groups is 2. The van der Waals surface area contributed by atoms with E-state index in [1.165, 1.54) is 12.1 Å². The van der Waals surface area contributed by atoms with Gasteiger partial charge in [0, 0.05) is 93.3 Å². The standard InChI is InChI=1S/C50H53F2N9O7/c51-32-25-31(26-33(52)28-32)24-30-9-12-39-38(27-30)46(58-57-39)56-47(64)36-11-10-35(29-41(36)54-34-15-22-68-23-16-34)59-18-20-60(21-19-59)44(63)8-3-1-2-4-17-53-40-7-5-6-37-45(40)50(67)61(49(37)66)42-13-14-43(62)55-48(42)65/h5-7,9-12,25-29,34,42,53-54H,1-4,8,13-24H2,(H,55,62,65)(H2,56,57,58,64). The Labute approximate surface area is 391 Å². The fraction of sp³-hybridized carbons (Fsp3) is 0.380. The molecule has 0 aliphatic carbocycles. The van der Waals surface area contributed by atoms with Gasteiger partial charge in [-0.1, -0.05) is 25.0 Å². The fourth-order valence-electron chi connectivity index (χ4n) is 9.51. The van der Waals surface area contributed by atoms with E-state index in [2.05, 4.69) is 36.4 Å². The number of H-pyrrole nitrogens is 1. The van der Waals surface area contributed by atoms with E-state index in [9.17, 15) is 37.5 Å². The molecule has 68 heavy (non-hydrogen) atoms. The smallest absolute Gasteiger partial charge is 0.264 e. The van der Waals surface area contributed by atoms with Crippen molar-refractivity contribution in [2.75, 3.05) is 66.8 Å². The number of carbonyl (C=O) groups excluding carboxylic acids is 6. The molecule has 3 saturated heterocycles. The molecule has 0 bridgehead atoms. The summed E-state index contributed by atoms with van der Waals surface area (Å²) in [6, 6.07) is 18.8. The molecule has 5 heterocycles. The quantitative estimate of drug-likeness (QED) is 0.0543. The molecule has 354 valence electrons. The minimum Gasteiger partial charge on any atom is -0.384 e. The second-order valence-electron chi connectivity index (χ2n) is 17.8. The number of hydrogen-bond donors (Lipinski definition) is 5. The van der Waals surface area contributed by atoms with Crippen molar-refractivity contribution in [3.63, 3.8) is 0 Å². The number of anilines is 4. The van der Waals surface area contributed by atoms with Crippen LogP contribution in [0.2, 0.25) is 0 Å². The molecular formula is C50H53F2N9O7. The van der Waals surface area contributed by atoms with Gasteiger partial charge in [-0.3, -0.25) is 44.1 Å². The maximum atomic E-state index is 14.0. The first-order chi connectivity index (χ1) is 33.0. The number of hydrogen-bond acceptors (Lipinski definition) is 11. The Morgan fingerprint density at radius 2 is 1.57 bits per heavy atom. The van der Waals surface area contributed by atoms with Crippen LogP contribution in [0.4, 0.5) is 31.7 Å². The molecule has 1 aromatic heterocycles. The maximum Gasteiger partial charge on any atom is 0.264 e. The number of ether oxygens (including phenoxy) is 1. The van der Waals surface area contributed by atoms with Crippen LogP contribution in [0.25, 0.3) is 10.9 Å². The summed E-state index contributed by atoms with van der Waals surface area (Å²) < 4.78 is 33.4. The summed E-state index contributed by atoms with van der Waals surface area (Å²) in [6.45, 7) is 4.19. The van der Waals surface area contributed by atoms with Crippen LogP contribution in [0.3, 0.4) is 0 Å². The van der Waals surface area contributed by atoms with Crippen molar-refractivity contribution in [2.45, 2.75) is 76.3 Å². The molecule has 0 spiro atoms. The number of nitrogens with zero attached hydrogens (tertiary/aromatic N) is 4. The molecule has 5 aromatic rings. The number of piperidine rings is 1. The first-order valence-corrected chi connectivity index (χ1v) is 23.3. The Morgan fingerprint density at radius 1 is 0.794 bits per heavy atom. The Balaban J connectivity index is 0.754. The lowest BCUT2D eigenvalue weighted by Crippen LogP contribution is -2.54. The highest BCUT2D eigenvalue weighted by Crippen LogP contribution is 2.33. The van der Waals surface area contributed by atoms with Crippen LogP contribution in [0.15, 0.2) is 72.8 Å². The number of aromatic nitrogens is 2. The molecule has 4 aliphatic heterocycles. The summed E-state index contributed by atoms with van der Waals surface area (Å²) in [5, 5.41) is 20.1. The van der Waals surface area contributed by atoms with Crippen molar-refractivity contribution in [2.24, 2.45) is 0 Å². The van der Waals surface area contributed by atoms with E-state index in [-0.39, 0.29) is 41.8 Å². The zero-order valence-electron chi connectivity index (χ0n) is 37.5. The number of benzene rings is 4. The third kappa shape index (κ3) is 10.2. The zero-order chi connectivity index (χ0) is 47.3. The molecule has 0 saturated carbocycles. The Bertz CT molecular complexity index is 2750. The lowest BCUT2D eigenvalue weighted by Gasteiger charge is -2.36. The number of nitrogens with one attached hydrogen (secondary N) is 5. The van der Waals surface area contributed by atoms with Gasteiger partial charge in [0.1, 0.15) is 17.7 Å². The molecule has 0 radical (unpaired) electrons. The molecule has 4 aliphatic rings. The van der Waals surface area contributed by atoms with Gasteiger partial charge in [-0.05, 0) is 104 Å². The summed E-state index contributed by atoms with van der Waals surface area (Å²) in [5.41, 5.74) is 5.03. The molecule has 16 nitrogen and oxygen atoms in total. The number of fused-ring (bicyclic) bond motifs is 2. The van der Waals surface area contributed by atoms with Gasteiger partial charge in [0.2, 0.25) is 17.7 Å². The number of aromatic amines is 1. The molecule has 1 atom stereocenters. The minimum atomic E-state index is -1.02. The summed E-state index contributed by atoms with van der Waals surface area (Å²) in [7, 11) is 0. The first-order valence-electron chi connectivity index (χ1n) is 23.3. The van der Waals surface area contributed by atoms with Gasteiger partial charge in [-0.15, -0.1) is 0 Å². The highest BCUT2D eigenvalue weighted by molar-refractivity contribution is 6.25. The number of piperazine rings is 1. The largest absolute Gasteiger partial charge is 0.384 e. The molecular weight excluding hydrogens is 877 g/mol. The van der Waals surface area contributed by atoms with Crippen LogP contribution in [-0.4, -0.2) is 113 Å². The molecule has 1 unspecified atom stereocenters. The maximum absolute atomic E-state index is 14.0. The van der Waals surface area contributed by atoms with E-state index in [1.54, 1.807) is 18.2 Å². The number of halogens is 2. The van der Waals surface area contributed by atoms with Crippen molar-refractivity contribution in [1.29, 1.82) is 0 Å². The third-order valence-corrected chi connectivity index (χ3v) is 13.1. The van der Waals surface area contributed by atoms with Gasteiger partial charge in [-0.25, -0.2) is 8.78 Å².